The van der Waals surface area contributed by atoms with E-state index in [2.05, 4.69) is 40.6 Å². The fourth-order valence-electron chi connectivity index (χ4n) is 7.97. The molecule has 10 rings (SSSR count). The van der Waals surface area contributed by atoms with Gasteiger partial charge in [-0.15, -0.1) is 0 Å². The van der Waals surface area contributed by atoms with Crippen molar-refractivity contribution >= 4 is 46.1 Å². The van der Waals surface area contributed by atoms with Crippen LogP contribution in [0.4, 0.5) is 23.0 Å². The Morgan fingerprint density at radius 3 is 1.42 bits per heavy atom. The van der Waals surface area contributed by atoms with Crippen molar-refractivity contribution < 1.29 is 38.7 Å². The van der Waals surface area contributed by atoms with Gasteiger partial charge in [0.15, 0.2) is 22.9 Å². The molecule has 20 nitrogen and oxygen atoms in total. The molecule has 0 spiro atoms. The number of hydrogen-bond donors (Lipinski definition) is 4. The molecule has 2 atom stereocenters. The molecule has 20 heteroatoms. The lowest BCUT2D eigenvalue weighted by molar-refractivity contribution is -0.0914. The molecule has 0 unspecified atom stereocenters. The van der Waals surface area contributed by atoms with E-state index >= 15 is 0 Å². The van der Waals surface area contributed by atoms with Gasteiger partial charge in [-0.25, -0.2) is 19.0 Å². The van der Waals surface area contributed by atoms with Gasteiger partial charge in [0, 0.05) is 74.9 Å². The van der Waals surface area contributed by atoms with Crippen LogP contribution in [0.3, 0.4) is 0 Å². The Bertz CT molecular complexity index is 2550. The summed E-state index contributed by atoms with van der Waals surface area (Å²) in [6.45, 7) is 15.5. The second-order valence-corrected chi connectivity index (χ2v) is 17.8. The minimum atomic E-state index is -1.07. The molecule has 6 aromatic heterocycles. The van der Waals surface area contributed by atoms with Crippen LogP contribution in [0.5, 0.6) is 11.8 Å². The smallest absolute Gasteiger partial charge is 0.261 e. The van der Waals surface area contributed by atoms with Crippen LogP contribution in [0.25, 0.3) is 11.3 Å². The Morgan fingerprint density at radius 1 is 0.656 bits per heavy atom. The van der Waals surface area contributed by atoms with Crippen LogP contribution in [-0.4, -0.2) is 136 Å². The first-order chi connectivity index (χ1) is 30.5. The number of rotatable bonds is 8. The molecule has 4 N–H and O–H groups in total. The number of fused-ring (bicyclic) bond motifs is 4. The number of nitrogens with zero attached hydrogens (tertiary/aromatic N) is 10. The minimum absolute atomic E-state index is 0.320. The summed E-state index contributed by atoms with van der Waals surface area (Å²) < 4.78 is 26.3. The third-order valence-corrected chi connectivity index (χ3v) is 12.5. The molecule has 4 aliphatic rings. The molecule has 6 aromatic rings. The third kappa shape index (κ3) is 8.01. The number of hydrogen-bond acceptors (Lipinski definition) is 16. The second kappa shape index (κ2) is 16.3. The summed E-state index contributed by atoms with van der Waals surface area (Å²) in [4.78, 5) is 48.5. The van der Waals surface area contributed by atoms with E-state index in [0.29, 0.717) is 123 Å². The maximum absolute atomic E-state index is 13.2. The number of carbonyl (C=O) groups excluding carboxylic acids is 2. The fourth-order valence-corrected chi connectivity index (χ4v) is 7.97. The summed E-state index contributed by atoms with van der Waals surface area (Å²) in [7, 11) is 0. The van der Waals surface area contributed by atoms with Gasteiger partial charge in [0.25, 0.3) is 11.8 Å². The predicted octanol–water partition coefficient (Wildman–Crippen LogP) is 3.36. The van der Waals surface area contributed by atoms with E-state index in [-0.39, 0.29) is 11.8 Å². The van der Waals surface area contributed by atoms with Gasteiger partial charge in [0.2, 0.25) is 11.8 Å². The quantitative estimate of drug-likeness (QED) is 0.172. The molecule has 0 saturated carbocycles. The van der Waals surface area contributed by atoms with Gasteiger partial charge >= 0.3 is 0 Å². The van der Waals surface area contributed by atoms with Crippen LogP contribution in [0.1, 0.15) is 73.4 Å². The summed E-state index contributed by atoms with van der Waals surface area (Å²) in [5.74, 6) is 1.55. The Hall–Kier alpha value is -6.48. The number of ether oxygens (including phenoxy) is 4. The molecule has 4 aliphatic heterocycles. The van der Waals surface area contributed by atoms with E-state index in [1.54, 1.807) is 73.6 Å². The maximum Gasteiger partial charge on any atom is 0.261 e. The monoisotopic (exact) mass is 876 g/mol. The molecular formula is C44H52N12O8. The van der Waals surface area contributed by atoms with E-state index < -0.39 is 22.4 Å². The molecule has 2 fully saturated rings. The molecule has 336 valence electrons. The van der Waals surface area contributed by atoms with E-state index in [0.717, 1.165) is 11.1 Å². The van der Waals surface area contributed by atoms with Crippen LogP contribution in [0.2, 0.25) is 0 Å². The highest BCUT2D eigenvalue weighted by Gasteiger charge is 2.49. The predicted molar refractivity (Wildman–Crippen MR) is 234 cm³/mol. The van der Waals surface area contributed by atoms with Gasteiger partial charge < -0.3 is 49.6 Å². The highest BCUT2D eigenvalue weighted by molar-refractivity contribution is 6.10. The second-order valence-electron chi connectivity index (χ2n) is 17.8. The molecule has 2 amide bonds. The normalized spacial score (nSPS) is 20.8. The molecule has 0 aromatic carbocycles. The van der Waals surface area contributed by atoms with Gasteiger partial charge in [0.05, 0.1) is 61.4 Å². The maximum atomic E-state index is 13.2. The third-order valence-electron chi connectivity index (χ3n) is 12.5. The number of morpholine rings is 2. The van der Waals surface area contributed by atoms with E-state index in [4.69, 9.17) is 28.9 Å². The molecule has 2 saturated heterocycles. The average Bonchev–Trinajstić information content (AvgIpc) is 4.06. The van der Waals surface area contributed by atoms with Crippen molar-refractivity contribution in [1.29, 1.82) is 0 Å². The van der Waals surface area contributed by atoms with Crippen molar-refractivity contribution in [2.75, 3.05) is 73.0 Å². The van der Waals surface area contributed by atoms with Crippen LogP contribution < -0.4 is 29.9 Å². The topological polar surface area (TPSA) is 228 Å². The van der Waals surface area contributed by atoms with Crippen LogP contribution in [0.15, 0.2) is 61.4 Å². The van der Waals surface area contributed by atoms with Crippen molar-refractivity contribution in [2.45, 2.75) is 76.8 Å². The number of pyridine rings is 2. The Kier molecular flexibility index (Phi) is 10.9. The first-order valence-corrected chi connectivity index (χ1v) is 21.3. The Morgan fingerprint density at radius 2 is 1.05 bits per heavy atom. The lowest BCUT2D eigenvalue weighted by atomic mass is 9.84. The van der Waals surface area contributed by atoms with Crippen LogP contribution >= 0.6 is 0 Å². The number of carbonyl (C=O) groups is 2. The van der Waals surface area contributed by atoms with Crippen LogP contribution in [-0.2, 0) is 22.3 Å². The number of nitrogens with one attached hydrogen (secondary N) is 2. The van der Waals surface area contributed by atoms with Gasteiger partial charge in [-0.1, -0.05) is 0 Å². The summed E-state index contributed by atoms with van der Waals surface area (Å²) >= 11 is 0. The number of aliphatic hydroxyl groups is 2. The summed E-state index contributed by atoms with van der Waals surface area (Å²) in [5.41, 5.74) is 0.740. The van der Waals surface area contributed by atoms with E-state index in [1.165, 1.54) is 12.4 Å². The lowest BCUT2D eigenvalue weighted by Gasteiger charge is -2.35. The number of amides is 2. The number of aromatic nitrogens is 8. The highest BCUT2D eigenvalue weighted by Crippen LogP contribution is 2.45. The molecule has 0 radical (unpaired) electrons. The summed E-state index contributed by atoms with van der Waals surface area (Å²) in [6, 6.07) is 7.28. The zero-order valence-corrected chi connectivity index (χ0v) is 36.7. The zero-order valence-electron chi connectivity index (χ0n) is 36.7. The first kappa shape index (κ1) is 42.8. The Labute approximate surface area is 368 Å². The summed E-state index contributed by atoms with van der Waals surface area (Å²) in [5, 5.41) is 35.7. The SMILES string of the molecule is CC(C)(O)[C@@]1(C)Cc2cc(NC(=O)c3cnn4cccnc34)c(N3CCOCC3)nc2O1.CC(C)(O)[C@]1(C)Cc2cc(NC(=O)c3cnn4cccnc34)c(N3CCOCC3)nc2O1. The summed E-state index contributed by atoms with van der Waals surface area (Å²) in [6.07, 6.45) is 10.7. The van der Waals surface area contributed by atoms with Crippen molar-refractivity contribution in [3.8, 4) is 11.8 Å². The molecular weight excluding hydrogens is 825 g/mol. The van der Waals surface area contributed by atoms with Crippen molar-refractivity contribution in [3.63, 3.8) is 0 Å². The van der Waals surface area contributed by atoms with Crippen molar-refractivity contribution in [2.24, 2.45) is 0 Å². The molecule has 0 aliphatic carbocycles. The highest BCUT2D eigenvalue weighted by atomic mass is 16.5. The van der Waals surface area contributed by atoms with Crippen molar-refractivity contribution in [1.82, 2.24) is 39.2 Å². The van der Waals surface area contributed by atoms with E-state index in [1.807, 2.05) is 26.0 Å². The first-order valence-electron chi connectivity index (χ1n) is 21.3. The average molecular weight is 877 g/mol. The molecule has 10 heterocycles. The molecule has 64 heavy (non-hydrogen) atoms. The van der Waals surface area contributed by atoms with Gasteiger partial charge in [-0.3, -0.25) is 9.59 Å². The van der Waals surface area contributed by atoms with E-state index in [9.17, 15) is 19.8 Å². The zero-order chi connectivity index (χ0) is 45.0. The minimum Gasteiger partial charge on any atom is -0.468 e. The van der Waals surface area contributed by atoms with Gasteiger partial charge in [-0.2, -0.15) is 20.2 Å². The van der Waals surface area contributed by atoms with Crippen molar-refractivity contribution in [3.05, 3.63) is 83.7 Å². The van der Waals surface area contributed by atoms with Crippen LogP contribution in [0, 0.1) is 0 Å². The van der Waals surface area contributed by atoms with Gasteiger partial charge in [-0.05, 0) is 65.8 Å². The number of anilines is 4. The lowest BCUT2D eigenvalue weighted by Crippen LogP contribution is -2.51. The standard InChI is InChI=1S/2C22H26N6O4/c2*1-21(2,30)22(3)12-14-11-16(18(26-20(14)32-22)27-7-9-31-10-8-27)25-19(29)15-13-24-28-6-4-5-23-17(15)28/h2*4-6,11,13,30H,7-10,12H2,1-3H3,(H,25,29)/t2*22-/m10/s1. The molecule has 0 bridgehead atoms. The Balaban J connectivity index is 0.000000162. The largest absolute Gasteiger partial charge is 0.468 e. The van der Waals surface area contributed by atoms with Gasteiger partial charge in [0.1, 0.15) is 22.3 Å². The fraction of sp³-hybridized carbons (Fsp3) is 0.455.